The molecule has 40 heavy (non-hydrogen) atoms. The third kappa shape index (κ3) is 6.42. The van der Waals surface area contributed by atoms with Gasteiger partial charge in [0.2, 0.25) is 0 Å². The van der Waals surface area contributed by atoms with Crippen molar-refractivity contribution in [3.63, 3.8) is 0 Å². The molecule has 2 N–H and O–H groups in total. The van der Waals surface area contributed by atoms with E-state index in [0.717, 1.165) is 10.5 Å². The van der Waals surface area contributed by atoms with Gasteiger partial charge in [0.05, 0.1) is 23.0 Å². The lowest BCUT2D eigenvalue weighted by Gasteiger charge is -2.26. The highest BCUT2D eigenvalue weighted by molar-refractivity contribution is 14.1. The molecule has 206 valence electrons. The number of imide groups is 2. The largest absolute Gasteiger partial charge is 0.497 e. The molecule has 1 aliphatic heterocycles. The molecule has 3 aromatic rings. The summed E-state index contributed by atoms with van der Waals surface area (Å²) in [6.45, 7) is 3.73. The number of para-hydroxylation sites is 1. The first-order chi connectivity index (χ1) is 19.2. The highest BCUT2D eigenvalue weighted by Crippen LogP contribution is 2.35. The Morgan fingerprint density at radius 1 is 1.05 bits per heavy atom. The van der Waals surface area contributed by atoms with Crippen molar-refractivity contribution < 1.29 is 33.4 Å². The summed E-state index contributed by atoms with van der Waals surface area (Å²) in [5.41, 5.74) is 2.12. The highest BCUT2D eigenvalue weighted by atomic mass is 127. The molecule has 1 heterocycles. The molecule has 0 aliphatic carbocycles. The van der Waals surface area contributed by atoms with E-state index in [1.165, 1.54) is 13.2 Å². The normalized spacial score (nSPS) is 14.2. The van der Waals surface area contributed by atoms with Gasteiger partial charge >= 0.3 is 6.03 Å². The fourth-order valence-corrected chi connectivity index (χ4v) is 4.68. The number of nitrogens with one attached hydrogen (secondary N) is 2. The molecule has 1 aliphatic rings. The number of urea groups is 1. The number of hydrogen-bond acceptors (Lipinski definition) is 7. The van der Waals surface area contributed by atoms with Crippen LogP contribution in [-0.4, -0.2) is 44.1 Å². The number of carbonyl (C=O) groups excluding carboxylic acids is 4. The van der Waals surface area contributed by atoms with Gasteiger partial charge in [-0.15, -0.1) is 0 Å². The van der Waals surface area contributed by atoms with E-state index in [2.05, 4.69) is 10.6 Å². The SMILES string of the molecule is CCOc1cc(/C=C2\C(=O)NC(=O)N(c3ccc(OC)cc3)C2=O)cc(I)c1OCC(=O)Nc1ccccc1C. The van der Waals surface area contributed by atoms with Gasteiger partial charge in [-0.25, -0.2) is 9.69 Å². The first-order valence-electron chi connectivity index (χ1n) is 12.2. The summed E-state index contributed by atoms with van der Waals surface area (Å²) >= 11 is 2.03. The topological polar surface area (TPSA) is 123 Å². The van der Waals surface area contributed by atoms with Crippen LogP contribution in [0.25, 0.3) is 6.08 Å². The Labute approximate surface area is 244 Å². The summed E-state index contributed by atoms with van der Waals surface area (Å²) in [6, 6.07) is 16.1. The Bertz CT molecular complexity index is 1500. The smallest absolute Gasteiger partial charge is 0.335 e. The third-order valence-electron chi connectivity index (χ3n) is 5.84. The van der Waals surface area contributed by atoms with Gasteiger partial charge in [-0.2, -0.15) is 0 Å². The number of anilines is 2. The summed E-state index contributed by atoms with van der Waals surface area (Å²) in [7, 11) is 1.50. The molecule has 0 unspecified atom stereocenters. The van der Waals surface area contributed by atoms with Gasteiger partial charge < -0.3 is 19.5 Å². The monoisotopic (exact) mass is 655 g/mol. The number of halogens is 1. The lowest BCUT2D eigenvalue weighted by atomic mass is 10.1. The Kier molecular flexibility index (Phi) is 9.04. The molecule has 0 radical (unpaired) electrons. The zero-order valence-electron chi connectivity index (χ0n) is 21.9. The second kappa shape index (κ2) is 12.6. The summed E-state index contributed by atoms with van der Waals surface area (Å²) in [4.78, 5) is 51.8. The van der Waals surface area contributed by atoms with E-state index >= 15 is 0 Å². The zero-order chi connectivity index (χ0) is 28.8. The van der Waals surface area contributed by atoms with Crippen LogP contribution in [-0.2, 0) is 14.4 Å². The number of hydrogen-bond donors (Lipinski definition) is 2. The van der Waals surface area contributed by atoms with Crippen LogP contribution in [0.1, 0.15) is 18.1 Å². The van der Waals surface area contributed by atoms with Crippen molar-refractivity contribution in [2.45, 2.75) is 13.8 Å². The Morgan fingerprint density at radius 2 is 1.77 bits per heavy atom. The van der Waals surface area contributed by atoms with Crippen LogP contribution in [0, 0.1) is 10.5 Å². The number of rotatable bonds is 9. The molecular weight excluding hydrogens is 629 g/mol. The maximum absolute atomic E-state index is 13.3. The van der Waals surface area contributed by atoms with Gasteiger partial charge in [0.25, 0.3) is 17.7 Å². The molecule has 11 heteroatoms. The zero-order valence-corrected chi connectivity index (χ0v) is 24.1. The minimum absolute atomic E-state index is 0.236. The van der Waals surface area contributed by atoms with E-state index in [-0.39, 0.29) is 23.8 Å². The summed E-state index contributed by atoms with van der Waals surface area (Å²) < 4.78 is 17.3. The van der Waals surface area contributed by atoms with Gasteiger partial charge in [-0.1, -0.05) is 18.2 Å². The number of amides is 5. The van der Waals surface area contributed by atoms with Gasteiger partial charge in [-0.3, -0.25) is 19.7 Å². The molecule has 4 rings (SSSR count). The van der Waals surface area contributed by atoms with Crippen molar-refractivity contribution in [1.82, 2.24) is 5.32 Å². The minimum atomic E-state index is -0.852. The predicted octanol–water partition coefficient (Wildman–Crippen LogP) is 4.69. The fourth-order valence-electron chi connectivity index (χ4n) is 3.90. The van der Waals surface area contributed by atoms with E-state index in [0.29, 0.717) is 38.7 Å². The van der Waals surface area contributed by atoms with Gasteiger partial charge in [-0.05, 0) is 96.1 Å². The van der Waals surface area contributed by atoms with Crippen molar-refractivity contribution in [1.29, 1.82) is 0 Å². The maximum atomic E-state index is 13.3. The average Bonchev–Trinajstić information content (AvgIpc) is 2.92. The van der Waals surface area contributed by atoms with E-state index < -0.39 is 17.8 Å². The van der Waals surface area contributed by atoms with Crippen LogP contribution < -0.4 is 29.7 Å². The first-order valence-corrected chi connectivity index (χ1v) is 13.3. The van der Waals surface area contributed by atoms with Crippen molar-refractivity contribution in [2.24, 2.45) is 0 Å². The van der Waals surface area contributed by atoms with E-state index in [9.17, 15) is 19.2 Å². The molecule has 1 saturated heterocycles. The average molecular weight is 655 g/mol. The van der Waals surface area contributed by atoms with Crippen molar-refractivity contribution in [2.75, 3.05) is 30.5 Å². The number of benzene rings is 3. The minimum Gasteiger partial charge on any atom is -0.497 e. The standard InChI is InChI=1S/C29H26IN3O7/c1-4-39-24-15-18(14-22(30)26(24)40-16-25(34)31-23-8-6-5-7-17(23)2)13-21-27(35)32-29(37)33(28(21)36)19-9-11-20(38-3)12-10-19/h5-15H,4,16H2,1-3H3,(H,31,34)(H,32,35,37)/b21-13+. The van der Waals surface area contributed by atoms with Gasteiger partial charge in [0, 0.05) is 5.69 Å². The summed E-state index contributed by atoms with van der Waals surface area (Å²) in [5, 5.41) is 5.02. The van der Waals surface area contributed by atoms with E-state index in [1.807, 2.05) is 47.7 Å². The Balaban J connectivity index is 1.58. The number of aryl methyl sites for hydroxylation is 1. The number of methoxy groups -OCH3 is 1. The number of carbonyl (C=O) groups is 4. The highest BCUT2D eigenvalue weighted by Gasteiger charge is 2.37. The van der Waals surface area contributed by atoms with Crippen LogP contribution in [0.5, 0.6) is 17.2 Å². The van der Waals surface area contributed by atoms with Crippen LogP contribution in [0.3, 0.4) is 0 Å². The lowest BCUT2D eigenvalue weighted by Crippen LogP contribution is -2.54. The summed E-state index contributed by atoms with van der Waals surface area (Å²) in [5.74, 6) is -0.711. The Hall–Kier alpha value is -4.39. The van der Waals surface area contributed by atoms with Crippen molar-refractivity contribution >= 4 is 63.8 Å². The molecule has 0 spiro atoms. The van der Waals surface area contributed by atoms with Crippen LogP contribution >= 0.6 is 22.6 Å². The molecule has 5 amide bonds. The second-order valence-corrected chi connectivity index (χ2v) is 9.73. The van der Waals surface area contributed by atoms with Gasteiger partial charge in [0.1, 0.15) is 11.3 Å². The molecule has 0 bridgehead atoms. The van der Waals surface area contributed by atoms with Gasteiger partial charge in [0.15, 0.2) is 18.1 Å². The molecule has 1 fully saturated rings. The van der Waals surface area contributed by atoms with Crippen LogP contribution in [0.4, 0.5) is 16.2 Å². The van der Waals surface area contributed by atoms with Crippen LogP contribution in [0.15, 0.2) is 66.2 Å². The Morgan fingerprint density at radius 3 is 2.45 bits per heavy atom. The van der Waals surface area contributed by atoms with E-state index in [4.69, 9.17) is 14.2 Å². The molecule has 0 aromatic heterocycles. The number of barbiturate groups is 1. The first kappa shape index (κ1) is 28.6. The molecule has 0 atom stereocenters. The van der Waals surface area contributed by atoms with Crippen molar-refractivity contribution in [3.8, 4) is 17.2 Å². The second-order valence-electron chi connectivity index (χ2n) is 8.57. The number of ether oxygens (including phenoxy) is 3. The lowest BCUT2D eigenvalue weighted by molar-refractivity contribution is -0.122. The van der Waals surface area contributed by atoms with E-state index in [1.54, 1.807) is 49.4 Å². The number of nitrogens with zero attached hydrogens (tertiary/aromatic N) is 1. The van der Waals surface area contributed by atoms with Crippen LogP contribution in [0.2, 0.25) is 0 Å². The fraction of sp³-hybridized carbons (Fsp3) is 0.172. The predicted molar refractivity (Wildman–Crippen MR) is 158 cm³/mol. The molecule has 0 saturated carbocycles. The molecule has 3 aromatic carbocycles. The quantitative estimate of drug-likeness (QED) is 0.195. The summed E-state index contributed by atoms with van der Waals surface area (Å²) in [6.07, 6.45) is 1.37. The molecule has 10 nitrogen and oxygen atoms in total. The maximum Gasteiger partial charge on any atom is 0.335 e. The van der Waals surface area contributed by atoms with Crippen molar-refractivity contribution in [3.05, 3.63) is 80.9 Å². The molecular formula is C29H26IN3O7. The third-order valence-corrected chi connectivity index (χ3v) is 6.64.